The average molecular weight is 666 g/mol. The number of rotatable bonds is 6. The van der Waals surface area contributed by atoms with Gasteiger partial charge in [0.05, 0.1) is 33.5 Å². The Bertz CT molecular complexity index is 2880. The van der Waals surface area contributed by atoms with Gasteiger partial charge in [-0.05, 0) is 71.8 Å². The van der Waals surface area contributed by atoms with Crippen molar-refractivity contribution in [1.29, 1.82) is 0 Å². The Hall–Kier alpha value is -7.04. The van der Waals surface area contributed by atoms with E-state index in [1.165, 1.54) is 11.1 Å². The van der Waals surface area contributed by atoms with E-state index in [1.54, 1.807) is 0 Å². The van der Waals surface area contributed by atoms with Crippen molar-refractivity contribution < 1.29 is 4.42 Å². The Morgan fingerprint density at radius 2 is 0.923 bits per heavy atom. The Kier molecular flexibility index (Phi) is 7.10. The van der Waals surface area contributed by atoms with Gasteiger partial charge in [0, 0.05) is 38.7 Å². The quantitative estimate of drug-likeness (QED) is 0.166. The zero-order valence-corrected chi connectivity index (χ0v) is 28.1. The van der Waals surface area contributed by atoms with Gasteiger partial charge in [0.25, 0.3) is 0 Å². The summed E-state index contributed by atoms with van der Waals surface area (Å²) in [4.78, 5) is 12.6. The molecule has 4 nitrogen and oxygen atoms in total. The molecule has 3 heterocycles. The summed E-state index contributed by atoms with van der Waals surface area (Å²) in [6.07, 6.45) is 0. The van der Waals surface area contributed by atoms with Gasteiger partial charge in [-0.15, -0.1) is 0 Å². The largest absolute Gasteiger partial charge is 0.456 e. The first-order valence-corrected chi connectivity index (χ1v) is 17.5. The van der Waals surface area contributed by atoms with Crippen molar-refractivity contribution in [3.63, 3.8) is 0 Å². The summed E-state index contributed by atoms with van der Waals surface area (Å²) in [7, 11) is 0. The van der Waals surface area contributed by atoms with E-state index in [-0.39, 0.29) is 0 Å². The first-order chi connectivity index (χ1) is 25.8. The van der Waals surface area contributed by atoms with Crippen LogP contribution in [0.2, 0.25) is 0 Å². The number of hydrogen-bond acceptors (Lipinski definition) is 4. The highest BCUT2D eigenvalue weighted by molar-refractivity contribution is 6.14. The predicted molar refractivity (Wildman–Crippen MR) is 215 cm³/mol. The lowest BCUT2D eigenvalue weighted by Gasteiger charge is -2.26. The first kappa shape index (κ1) is 29.8. The predicted octanol–water partition coefficient (Wildman–Crippen LogP) is 13.2. The summed E-state index contributed by atoms with van der Waals surface area (Å²) in [6, 6.07) is 65.5. The second kappa shape index (κ2) is 12.4. The lowest BCUT2D eigenvalue weighted by Crippen LogP contribution is -2.10. The number of nitrogens with zero attached hydrogens (tertiary/aromatic N) is 3. The molecule has 3 aromatic heterocycles. The molecular formula is C48H31N3O. The van der Waals surface area contributed by atoms with Crippen LogP contribution in [-0.2, 0) is 0 Å². The number of hydrogen-bond donors (Lipinski definition) is 0. The van der Waals surface area contributed by atoms with Crippen LogP contribution in [0.15, 0.2) is 192 Å². The van der Waals surface area contributed by atoms with E-state index in [0.29, 0.717) is 0 Å². The van der Waals surface area contributed by atoms with Crippen LogP contribution in [0.25, 0.3) is 77.4 Å². The van der Waals surface area contributed by atoms with E-state index in [2.05, 4.69) is 169 Å². The number of para-hydroxylation sites is 1. The van der Waals surface area contributed by atoms with Crippen molar-refractivity contribution in [2.24, 2.45) is 0 Å². The minimum Gasteiger partial charge on any atom is -0.456 e. The number of furan rings is 1. The topological polar surface area (TPSA) is 42.2 Å². The van der Waals surface area contributed by atoms with Crippen LogP contribution in [0, 0.1) is 0 Å². The molecule has 10 rings (SSSR count). The van der Waals surface area contributed by atoms with E-state index in [9.17, 15) is 0 Å². The van der Waals surface area contributed by atoms with Crippen LogP contribution in [0.1, 0.15) is 0 Å². The summed E-state index contributed by atoms with van der Waals surface area (Å²) in [5.74, 6) is 0. The molecule has 10 aromatic rings. The molecule has 0 aliphatic heterocycles. The third kappa shape index (κ3) is 5.17. The summed E-state index contributed by atoms with van der Waals surface area (Å²) < 4.78 is 6.61. The maximum Gasteiger partial charge on any atom is 0.137 e. The molecule has 0 radical (unpaired) electrons. The molecule has 4 heteroatoms. The minimum atomic E-state index is 0.816. The molecule has 0 amide bonds. The fourth-order valence-electron chi connectivity index (χ4n) is 7.29. The van der Waals surface area contributed by atoms with Crippen molar-refractivity contribution in [2.75, 3.05) is 4.90 Å². The van der Waals surface area contributed by atoms with Crippen molar-refractivity contribution >= 4 is 60.8 Å². The highest BCUT2D eigenvalue weighted by Crippen LogP contribution is 2.44. The van der Waals surface area contributed by atoms with Gasteiger partial charge in [-0.2, -0.15) is 0 Å². The van der Waals surface area contributed by atoms with Crippen molar-refractivity contribution in [1.82, 2.24) is 9.97 Å². The maximum atomic E-state index is 6.61. The Morgan fingerprint density at radius 3 is 1.60 bits per heavy atom. The highest BCUT2D eigenvalue weighted by Gasteiger charge is 2.20. The number of aromatic nitrogens is 2. The number of benzene rings is 7. The Morgan fingerprint density at radius 1 is 0.385 bits per heavy atom. The minimum absolute atomic E-state index is 0.816. The molecule has 0 unspecified atom stereocenters. The number of anilines is 3. The molecule has 0 saturated heterocycles. The third-order valence-electron chi connectivity index (χ3n) is 9.85. The molecule has 0 bridgehead atoms. The van der Waals surface area contributed by atoms with Crippen LogP contribution >= 0.6 is 0 Å². The zero-order chi connectivity index (χ0) is 34.4. The molecule has 7 aromatic carbocycles. The summed E-state index contributed by atoms with van der Waals surface area (Å²) in [5, 5.41) is 4.24. The van der Waals surface area contributed by atoms with E-state index >= 15 is 0 Å². The number of fused-ring (bicyclic) bond motifs is 6. The lowest BCUT2D eigenvalue weighted by molar-refractivity contribution is 0.669. The van der Waals surface area contributed by atoms with Crippen molar-refractivity contribution in [3.05, 3.63) is 188 Å². The van der Waals surface area contributed by atoms with Gasteiger partial charge in [-0.1, -0.05) is 127 Å². The van der Waals surface area contributed by atoms with Gasteiger partial charge in [-0.25, -0.2) is 9.97 Å². The molecule has 0 atom stereocenters. The Balaban J connectivity index is 1.09. The SMILES string of the molecule is c1ccc(-c2ccc(N(c3ccccc3)c3cccc4oc5cc(-c6ccc7ccc8ccc(-c9ccccc9)nc8c7n6)ccc5c34)cc2)cc1. The van der Waals surface area contributed by atoms with Gasteiger partial charge in [-0.3, -0.25) is 0 Å². The van der Waals surface area contributed by atoms with Crippen molar-refractivity contribution in [3.8, 4) is 33.6 Å². The summed E-state index contributed by atoms with van der Waals surface area (Å²) in [5.41, 5.74) is 12.9. The number of pyridine rings is 2. The molecule has 0 N–H and O–H groups in total. The smallest absolute Gasteiger partial charge is 0.137 e. The van der Waals surface area contributed by atoms with Crippen LogP contribution in [0.3, 0.4) is 0 Å². The van der Waals surface area contributed by atoms with Gasteiger partial charge in [0.1, 0.15) is 11.2 Å². The van der Waals surface area contributed by atoms with Gasteiger partial charge in [0.2, 0.25) is 0 Å². The third-order valence-corrected chi connectivity index (χ3v) is 9.85. The molecule has 52 heavy (non-hydrogen) atoms. The molecule has 244 valence electrons. The van der Waals surface area contributed by atoms with Gasteiger partial charge >= 0.3 is 0 Å². The standard InChI is InChI=1S/C48H31N3O/c1-4-11-32(12-5-1)33-21-26-39(27-22-33)51(38-15-8-3-9-16-38)43-17-10-18-44-46(43)40-28-23-37(31-45(40)52-44)42-30-25-36-20-19-35-24-29-41(34-13-6-2-7-14-34)49-47(35)48(36)50-42/h1-31H. The summed E-state index contributed by atoms with van der Waals surface area (Å²) in [6.45, 7) is 0. The van der Waals surface area contributed by atoms with Crippen LogP contribution in [0.4, 0.5) is 17.1 Å². The van der Waals surface area contributed by atoms with E-state index in [1.807, 2.05) is 24.3 Å². The molecular weight excluding hydrogens is 635 g/mol. The van der Waals surface area contributed by atoms with Gasteiger partial charge in [0.15, 0.2) is 0 Å². The molecule has 0 aliphatic carbocycles. The molecule has 0 spiro atoms. The first-order valence-electron chi connectivity index (χ1n) is 17.5. The monoisotopic (exact) mass is 665 g/mol. The van der Waals surface area contributed by atoms with Crippen LogP contribution < -0.4 is 4.90 Å². The molecule has 0 saturated carbocycles. The highest BCUT2D eigenvalue weighted by atomic mass is 16.3. The molecule has 0 fully saturated rings. The maximum absolute atomic E-state index is 6.61. The van der Waals surface area contributed by atoms with Crippen LogP contribution in [-0.4, -0.2) is 9.97 Å². The second-order valence-corrected chi connectivity index (χ2v) is 13.0. The average Bonchev–Trinajstić information content (AvgIpc) is 3.60. The Labute approximate surface area is 300 Å². The van der Waals surface area contributed by atoms with Crippen molar-refractivity contribution in [2.45, 2.75) is 0 Å². The van der Waals surface area contributed by atoms with Crippen LogP contribution in [0.5, 0.6) is 0 Å². The zero-order valence-electron chi connectivity index (χ0n) is 28.1. The normalized spacial score (nSPS) is 11.5. The van der Waals surface area contributed by atoms with Gasteiger partial charge < -0.3 is 9.32 Å². The fraction of sp³-hybridized carbons (Fsp3) is 0. The lowest BCUT2D eigenvalue weighted by atomic mass is 10.0. The van der Waals surface area contributed by atoms with E-state index in [4.69, 9.17) is 14.4 Å². The second-order valence-electron chi connectivity index (χ2n) is 13.0. The van der Waals surface area contributed by atoms with E-state index in [0.717, 1.165) is 83.3 Å². The fourth-order valence-corrected chi connectivity index (χ4v) is 7.29. The molecule has 0 aliphatic rings. The summed E-state index contributed by atoms with van der Waals surface area (Å²) >= 11 is 0. The van der Waals surface area contributed by atoms with E-state index < -0.39 is 0 Å².